The first-order valence-electron chi connectivity index (χ1n) is 8.35. The molecule has 8 heteroatoms. The minimum Gasteiger partial charge on any atom is -0.305 e. The van der Waals surface area contributed by atoms with Crippen molar-refractivity contribution in [3.63, 3.8) is 0 Å². The van der Waals surface area contributed by atoms with Crippen molar-refractivity contribution in [2.24, 2.45) is 14.1 Å². The van der Waals surface area contributed by atoms with Crippen molar-refractivity contribution in [2.75, 3.05) is 7.05 Å². The lowest BCUT2D eigenvalue weighted by molar-refractivity contribution is 0.466. The van der Waals surface area contributed by atoms with Crippen LogP contribution >= 0.6 is 0 Å². The standard InChI is InChI=1S/C19H21N3O4S/c1-13-10-15-16(22(4)19(24)18(23)21(15)3)11-17(13)27(25,26)20(2)12-14-8-6-5-7-9-14/h5-11H,12H2,1-4H3. The van der Waals surface area contributed by atoms with Crippen molar-refractivity contribution in [3.8, 4) is 0 Å². The zero-order chi connectivity index (χ0) is 19.9. The van der Waals surface area contributed by atoms with E-state index < -0.39 is 21.1 Å². The van der Waals surface area contributed by atoms with E-state index in [2.05, 4.69) is 0 Å². The van der Waals surface area contributed by atoms with Gasteiger partial charge in [-0.15, -0.1) is 0 Å². The number of fused-ring (bicyclic) bond motifs is 1. The van der Waals surface area contributed by atoms with Crippen LogP contribution in [0.4, 0.5) is 0 Å². The molecule has 2 aromatic carbocycles. The predicted octanol–water partition coefficient (Wildman–Crippen LogP) is 1.37. The van der Waals surface area contributed by atoms with Gasteiger partial charge in [-0.2, -0.15) is 4.31 Å². The van der Waals surface area contributed by atoms with Gasteiger partial charge in [-0.25, -0.2) is 8.42 Å². The van der Waals surface area contributed by atoms with E-state index in [1.165, 1.54) is 40.6 Å². The highest BCUT2D eigenvalue weighted by Gasteiger charge is 2.24. The monoisotopic (exact) mass is 387 g/mol. The SMILES string of the molecule is Cc1cc2c(cc1S(=O)(=O)N(C)Cc1ccccc1)n(C)c(=O)c(=O)n2C. The molecule has 0 aliphatic heterocycles. The number of aryl methyl sites for hydroxylation is 3. The van der Waals surface area contributed by atoms with Gasteiger partial charge in [0.1, 0.15) is 0 Å². The summed E-state index contributed by atoms with van der Waals surface area (Å²) in [5.74, 6) is 0. The van der Waals surface area contributed by atoms with E-state index in [-0.39, 0.29) is 11.4 Å². The van der Waals surface area contributed by atoms with Gasteiger partial charge in [-0.05, 0) is 30.2 Å². The minimum absolute atomic E-state index is 0.113. The Morgan fingerprint density at radius 1 is 0.926 bits per heavy atom. The van der Waals surface area contributed by atoms with E-state index in [4.69, 9.17) is 0 Å². The van der Waals surface area contributed by atoms with Crippen molar-refractivity contribution < 1.29 is 8.42 Å². The Bertz CT molecular complexity index is 1240. The molecule has 1 aromatic heterocycles. The molecular weight excluding hydrogens is 366 g/mol. The van der Waals surface area contributed by atoms with Crippen LogP contribution in [0.1, 0.15) is 11.1 Å². The highest BCUT2D eigenvalue weighted by atomic mass is 32.2. The zero-order valence-electron chi connectivity index (χ0n) is 15.6. The zero-order valence-corrected chi connectivity index (χ0v) is 16.4. The Morgan fingerprint density at radius 2 is 1.44 bits per heavy atom. The van der Waals surface area contributed by atoms with E-state index in [9.17, 15) is 18.0 Å². The first kappa shape index (κ1) is 19.1. The molecule has 0 saturated heterocycles. The second-order valence-corrected chi connectivity index (χ2v) is 8.59. The molecule has 0 atom stereocenters. The van der Waals surface area contributed by atoms with Gasteiger partial charge in [0, 0.05) is 27.7 Å². The second kappa shape index (κ2) is 6.79. The first-order chi connectivity index (χ1) is 12.6. The summed E-state index contributed by atoms with van der Waals surface area (Å²) in [6, 6.07) is 12.4. The summed E-state index contributed by atoms with van der Waals surface area (Å²) < 4.78 is 29.9. The number of hydrogen-bond acceptors (Lipinski definition) is 4. The van der Waals surface area contributed by atoms with Gasteiger partial charge >= 0.3 is 11.1 Å². The fourth-order valence-electron chi connectivity index (χ4n) is 3.08. The highest BCUT2D eigenvalue weighted by molar-refractivity contribution is 7.89. The van der Waals surface area contributed by atoms with E-state index in [0.717, 1.165) is 5.56 Å². The van der Waals surface area contributed by atoms with E-state index >= 15 is 0 Å². The normalized spacial score (nSPS) is 12.0. The number of benzene rings is 2. The van der Waals surface area contributed by atoms with Crippen molar-refractivity contribution in [2.45, 2.75) is 18.4 Å². The molecule has 0 unspecified atom stereocenters. The predicted molar refractivity (Wildman–Crippen MR) is 104 cm³/mol. The van der Waals surface area contributed by atoms with Crippen molar-refractivity contribution in [3.05, 3.63) is 74.3 Å². The molecular formula is C19H21N3O4S. The van der Waals surface area contributed by atoms with Crippen molar-refractivity contribution >= 4 is 21.1 Å². The molecule has 0 aliphatic carbocycles. The smallest absolute Gasteiger partial charge is 0.305 e. The Balaban J connectivity index is 2.17. The number of hydrogen-bond donors (Lipinski definition) is 0. The first-order valence-corrected chi connectivity index (χ1v) is 9.79. The number of rotatable bonds is 4. The highest BCUT2D eigenvalue weighted by Crippen LogP contribution is 2.25. The molecule has 1 heterocycles. The average molecular weight is 387 g/mol. The molecule has 0 spiro atoms. The van der Waals surface area contributed by atoms with E-state index in [1.807, 2.05) is 30.3 Å². The summed E-state index contributed by atoms with van der Waals surface area (Å²) in [7, 11) is 0.703. The van der Waals surface area contributed by atoms with Gasteiger partial charge < -0.3 is 9.13 Å². The van der Waals surface area contributed by atoms with Gasteiger partial charge in [0.2, 0.25) is 10.0 Å². The summed E-state index contributed by atoms with van der Waals surface area (Å²) in [5.41, 5.74) is 0.924. The average Bonchev–Trinajstić information content (AvgIpc) is 2.65. The molecule has 7 nitrogen and oxygen atoms in total. The Hall–Kier alpha value is -2.71. The molecule has 0 radical (unpaired) electrons. The summed E-state index contributed by atoms with van der Waals surface area (Å²) in [4.78, 5) is 24.2. The van der Waals surface area contributed by atoms with E-state index in [0.29, 0.717) is 16.6 Å². The maximum Gasteiger partial charge on any atom is 0.316 e. The number of nitrogens with zero attached hydrogens (tertiary/aromatic N) is 3. The maximum absolute atomic E-state index is 13.1. The lowest BCUT2D eigenvalue weighted by atomic mass is 10.2. The van der Waals surface area contributed by atoms with Crippen molar-refractivity contribution in [1.82, 2.24) is 13.4 Å². The van der Waals surface area contributed by atoms with Crippen molar-refractivity contribution in [1.29, 1.82) is 0 Å². The fourth-order valence-corrected chi connectivity index (χ4v) is 4.46. The van der Waals surface area contributed by atoms with Crippen LogP contribution in [0, 0.1) is 6.92 Å². The summed E-state index contributed by atoms with van der Waals surface area (Å²) in [5, 5.41) is 0. The third-order valence-corrected chi connectivity index (χ3v) is 6.67. The summed E-state index contributed by atoms with van der Waals surface area (Å²) >= 11 is 0. The molecule has 27 heavy (non-hydrogen) atoms. The lowest BCUT2D eigenvalue weighted by Crippen LogP contribution is -2.39. The van der Waals surface area contributed by atoms with Crippen LogP contribution in [0.5, 0.6) is 0 Å². The molecule has 3 aromatic rings. The summed E-state index contributed by atoms with van der Waals surface area (Å²) in [6.07, 6.45) is 0. The Labute approximate surface area is 157 Å². The van der Waals surface area contributed by atoms with Gasteiger partial charge in [0.15, 0.2) is 0 Å². The molecule has 0 N–H and O–H groups in total. The van der Waals surface area contributed by atoms with Crippen LogP contribution < -0.4 is 11.1 Å². The van der Waals surface area contributed by atoms with Crippen LogP contribution in [0.15, 0.2) is 56.9 Å². The van der Waals surface area contributed by atoms with Gasteiger partial charge in [0.25, 0.3) is 0 Å². The quantitative estimate of drug-likeness (QED) is 0.633. The lowest BCUT2D eigenvalue weighted by Gasteiger charge is -2.20. The van der Waals surface area contributed by atoms with Crippen LogP contribution in [-0.4, -0.2) is 28.9 Å². The molecule has 0 aliphatic rings. The Morgan fingerprint density at radius 3 is 2.00 bits per heavy atom. The van der Waals surface area contributed by atoms with Gasteiger partial charge in [0.05, 0.1) is 15.9 Å². The number of sulfonamides is 1. The van der Waals surface area contributed by atoms with E-state index in [1.54, 1.807) is 13.0 Å². The van der Waals surface area contributed by atoms with Gasteiger partial charge in [-0.1, -0.05) is 30.3 Å². The largest absolute Gasteiger partial charge is 0.316 e. The van der Waals surface area contributed by atoms with Crippen LogP contribution in [-0.2, 0) is 30.7 Å². The van der Waals surface area contributed by atoms with Crippen LogP contribution in [0.2, 0.25) is 0 Å². The van der Waals surface area contributed by atoms with Crippen LogP contribution in [0.25, 0.3) is 11.0 Å². The molecule has 0 bridgehead atoms. The molecule has 0 fully saturated rings. The topological polar surface area (TPSA) is 81.4 Å². The number of aromatic nitrogens is 2. The minimum atomic E-state index is -3.78. The third kappa shape index (κ3) is 3.22. The maximum atomic E-state index is 13.1. The molecule has 0 amide bonds. The molecule has 0 saturated carbocycles. The summed E-state index contributed by atoms with van der Waals surface area (Å²) in [6.45, 7) is 1.91. The fraction of sp³-hybridized carbons (Fsp3) is 0.263. The Kier molecular flexibility index (Phi) is 4.79. The molecule has 142 valence electrons. The third-order valence-electron chi connectivity index (χ3n) is 4.72. The van der Waals surface area contributed by atoms with Gasteiger partial charge in [-0.3, -0.25) is 9.59 Å². The van der Waals surface area contributed by atoms with Crippen LogP contribution in [0.3, 0.4) is 0 Å². The molecule has 3 rings (SSSR count). The second-order valence-electron chi connectivity index (χ2n) is 6.58.